The summed E-state index contributed by atoms with van der Waals surface area (Å²) in [5.74, 6) is 0.800. The Labute approximate surface area is 170 Å². The number of fused-ring (bicyclic) bond motifs is 1. The van der Waals surface area contributed by atoms with Gasteiger partial charge < -0.3 is 15.3 Å². The second-order valence-electron chi connectivity index (χ2n) is 9.96. The van der Waals surface area contributed by atoms with E-state index < -0.39 is 6.10 Å². The fourth-order valence-electron chi connectivity index (χ4n) is 6.15. The van der Waals surface area contributed by atoms with Crippen molar-refractivity contribution in [1.29, 1.82) is 0 Å². The molecule has 3 saturated carbocycles. The zero-order chi connectivity index (χ0) is 20.6. The van der Waals surface area contributed by atoms with E-state index in [-0.39, 0.29) is 52.9 Å². The van der Waals surface area contributed by atoms with Gasteiger partial charge in [-0.25, -0.2) is 0 Å². The van der Waals surface area contributed by atoms with Crippen LogP contribution >= 0.6 is 0 Å². The zero-order valence-electron chi connectivity index (χ0n) is 18.4. The number of hydrogen-bond donors (Lipinski definition) is 2. The van der Waals surface area contributed by atoms with E-state index >= 15 is 0 Å². The van der Waals surface area contributed by atoms with Crippen molar-refractivity contribution in [3.05, 3.63) is 0 Å². The molecule has 0 bridgehead atoms. The molecule has 5 heteroatoms. The minimum atomic E-state index is -0.483. The normalized spacial score (nSPS) is 39.0. The third-order valence-corrected chi connectivity index (χ3v) is 8.27. The lowest BCUT2D eigenvalue weighted by Gasteiger charge is -2.56. The van der Waals surface area contributed by atoms with Gasteiger partial charge in [0, 0.05) is 31.0 Å². The molecule has 2 amide bonds. The number of nitrogens with one attached hydrogen (secondary N) is 1. The summed E-state index contributed by atoms with van der Waals surface area (Å²) in [6, 6.07) is 0.147. The lowest BCUT2D eigenvalue weighted by molar-refractivity contribution is -0.150. The van der Waals surface area contributed by atoms with E-state index in [2.05, 4.69) is 19.2 Å². The molecule has 0 aliphatic heterocycles. The SMILES string of the molecule is CCN(CC)C(=O)C(C)C1CCC2(C)CCC(NC(=O)C3CC3)C(C)C2C1O. The first-order chi connectivity index (χ1) is 13.2. The molecule has 3 rings (SSSR count). The van der Waals surface area contributed by atoms with Crippen molar-refractivity contribution in [3.8, 4) is 0 Å². The summed E-state index contributed by atoms with van der Waals surface area (Å²) >= 11 is 0. The van der Waals surface area contributed by atoms with Gasteiger partial charge in [-0.15, -0.1) is 0 Å². The number of aliphatic hydroxyl groups is 1. The second kappa shape index (κ2) is 8.33. The van der Waals surface area contributed by atoms with Crippen LogP contribution in [0.5, 0.6) is 0 Å². The monoisotopic (exact) mass is 392 g/mol. The van der Waals surface area contributed by atoms with Gasteiger partial charge in [0.2, 0.25) is 11.8 Å². The van der Waals surface area contributed by atoms with E-state index in [0.717, 1.165) is 51.6 Å². The van der Waals surface area contributed by atoms with Crippen molar-refractivity contribution in [2.45, 2.75) is 85.3 Å². The van der Waals surface area contributed by atoms with E-state index in [1.165, 1.54) is 0 Å². The molecule has 0 aromatic heterocycles. The van der Waals surface area contributed by atoms with Crippen LogP contribution in [-0.2, 0) is 9.59 Å². The molecule has 0 spiro atoms. The first kappa shape index (κ1) is 21.6. The smallest absolute Gasteiger partial charge is 0.225 e. The molecule has 2 N–H and O–H groups in total. The third kappa shape index (κ3) is 3.96. The van der Waals surface area contributed by atoms with Crippen LogP contribution in [0.4, 0.5) is 0 Å². The Kier molecular flexibility index (Phi) is 6.43. The van der Waals surface area contributed by atoms with E-state index in [1.807, 2.05) is 25.7 Å². The maximum atomic E-state index is 12.9. The predicted molar refractivity (Wildman–Crippen MR) is 110 cm³/mol. The molecule has 3 fully saturated rings. The van der Waals surface area contributed by atoms with E-state index in [9.17, 15) is 14.7 Å². The topological polar surface area (TPSA) is 69.6 Å². The minimum Gasteiger partial charge on any atom is -0.392 e. The van der Waals surface area contributed by atoms with Crippen LogP contribution in [0, 0.1) is 35.0 Å². The number of rotatable bonds is 6. The van der Waals surface area contributed by atoms with Crippen LogP contribution in [0.3, 0.4) is 0 Å². The lowest BCUT2D eigenvalue weighted by atomic mass is 9.51. The average Bonchev–Trinajstić information content (AvgIpc) is 3.50. The minimum absolute atomic E-state index is 0.00603. The Morgan fingerprint density at radius 3 is 2.32 bits per heavy atom. The van der Waals surface area contributed by atoms with Gasteiger partial charge in [-0.05, 0) is 75.5 Å². The van der Waals surface area contributed by atoms with Crippen LogP contribution in [0.2, 0.25) is 0 Å². The fourth-order valence-corrected chi connectivity index (χ4v) is 6.15. The highest BCUT2D eigenvalue weighted by molar-refractivity contribution is 5.81. The lowest BCUT2D eigenvalue weighted by Crippen LogP contribution is -2.58. The summed E-state index contributed by atoms with van der Waals surface area (Å²) in [7, 11) is 0. The van der Waals surface area contributed by atoms with E-state index in [0.29, 0.717) is 0 Å². The molecule has 7 unspecified atom stereocenters. The Bertz CT molecular complexity index is 586. The first-order valence-corrected chi connectivity index (χ1v) is 11.5. The van der Waals surface area contributed by atoms with Crippen LogP contribution in [0.25, 0.3) is 0 Å². The summed E-state index contributed by atoms with van der Waals surface area (Å²) in [5.41, 5.74) is 0.105. The van der Waals surface area contributed by atoms with Crippen molar-refractivity contribution >= 4 is 11.8 Å². The van der Waals surface area contributed by atoms with Crippen molar-refractivity contribution in [1.82, 2.24) is 10.2 Å². The van der Waals surface area contributed by atoms with Gasteiger partial charge in [-0.1, -0.05) is 20.8 Å². The molecule has 0 aromatic rings. The number of carbonyl (C=O) groups is 2. The number of nitrogens with zero attached hydrogens (tertiary/aromatic N) is 1. The van der Waals surface area contributed by atoms with Gasteiger partial charge in [0.05, 0.1) is 6.10 Å². The molecule has 0 saturated heterocycles. The molecule has 28 heavy (non-hydrogen) atoms. The fraction of sp³-hybridized carbons (Fsp3) is 0.913. The maximum absolute atomic E-state index is 12.9. The Morgan fingerprint density at radius 1 is 1.14 bits per heavy atom. The number of aliphatic hydroxyl groups excluding tert-OH is 1. The standard InChI is InChI=1S/C23H40N2O3/c1-6-25(7-2)22(28)14(3)17-10-12-23(5)13-11-18(15(4)19(23)20(17)26)24-21(27)16-8-9-16/h14-20,26H,6-13H2,1-5H3,(H,24,27). The predicted octanol–water partition coefficient (Wildman–Crippen LogP) is 3.21. The molecule has 5 nitrogen and oxygen atoms in total. The Balaban J connectivity index is 1.73. The highest BCUT2D eigenvalue weighted by atomic mass is 16.3. The molecular formula is C23H40N2O3. The summed E-state index contributed by atoms with van der Waals surface area (Å²) in [4.78, 5) is 27.1. The van der Waals surface area contributed by atoms with Crippen molar-refractivity contribution in [3.63, 3.8) is 0 Å². The molecule has 0 radical (unpaired) electrons. The third-order valence-electron chi connectivity index (χ3n) is 8.27. The second-order valence-corrected chi connectivity index (χ2v) is 9.96. The van der Waals surface area contributed by atoms with Gasteiger partial charge in [0.1, 0.15) is 0 Å². The summed E-state index contributed by atoms with van der Waals surface area (Å²) < 4.78 is 0. The summed E-state index contributed by atoms with van der Waals surface area (Å²) in [5, 5.41) is 14.7. The summed E-state index contributed by atoms with van der Waals surface area (Å²) in [6.07, 6.45) is 5.56. The van der Waals surface area contributed by atoms with Gasteiger partial charge in [-0.2, -0.15) is 0 Å². The highest BCUT2D eigenvalue weighted by Crippen LogP contribution is 2.55. The van der Waals surface area contributed by atoms with Crippen LogP contribution in [0.1, 0.15) is 73.1 Å². The van der Waals surface area contributed by atoms with E-state index in [1.54, 1.807) is 0 Å². The largest absolute Gasteiger partial charge is 0.392 e. The quantitative estimate of drug-likeness (QED) is 0.729. The maximum Gasteiger partial charge on any atom is 0.225 e. The molecule has 0 heterocycles. The number of carbonyl (C=O) groups excluding carboxylic acids is 2. The van der Waals surface area contributed by atoms with Crippen molar-refractivity contribution in [2.75, 3.05) is 13.1 Å². The Hall–Kier alpha value is -1.10. The first-order valence-electron chi connectivity index (χ1n) is 11.5. The number of hydrogen-bond acceptors (Lipinski definition) is 3. The van der Waals surface area contributed by atoms with E-state index in [4.69, 9.17) is 0 Å². The van der Waals surface area contributed by atoms with Gasteiger partial charge in [0.15, 0.2) is 0 Å². The van der Waals surface area contributed by atoms with Gasteiger partial charge >= 0.3 is 0 Å². The van der Waals surface area contributed by atoms with Gasteiger partial charge in [-0.3, -0.25) is 9.59 Å². The molecule has 3 aliphatic carbocycles. The van der Waals surface area contributed by atoms with Crippen molar-refractivity contribution < 1.29 is 14.7 Å². The van der Waals surface area contributed by atoms with Crippen LogP contribution in [0.15, 0.2) is 0 Å². The Morgan fingerprint density at radius 2 is 1.75 bits per heavy atom. The number of amides is 2. The molecule has 3 aliphatic rings. The molecule has 7 atom stereocenters. The van der Waals surface area contributed by atoms with Gasteiger partial charge in [0.25, 0.3) is 0 Å². The zero-order valence-corrected chi connectivity index (χ0v) is 18.4. The molecular weight excluding hydrogens is 352 g/mol. The molecule has 160 valence electrons. The van der Waals surface area contributed by atoms with Crippen LogP contribution in [-0.4, -0.2) is 47.1 Å². The molecule has 0 aromatic carbocycles. The van der Waals surface area contributed by atoms with Crippen molar-refractivity contribution in [2.24, 2.45) is 35.0 Å². The highest BCUT2D eigenvalue weighted by Gasteiger charge is 2.54. The average molecular weight is 393 g/mol. The van der Waals surface area contributed by atoms with Crippen LogP contribution < -0.4 is 5.32 Å². The summed E-state index contributed by atoms with van der Waals surface area (Å²) in [6.45, 7) is 12.0.